The smallest absolute Gasteiger partial charge is 0.218 e. The van der Waals surface area contributed by atoms with E-state index in [2.05, 4.69) is 41.9 Å². The van der Waals surface area contributed by atoms with Crippen LogP contribution >= 0.6 is 31.9 Å². The zero-order chi connectivity index (χ0) is 11.7. The molecule has 0 N–H and O–H groups in total. The zero-order valence-corrected chi connectivity index (χ0v) is 11.0. The number of aromatic nitrogens is 3. The van der Waals surface area contributed by atoms with Gasteiger partial charge in [0.15, 0.2) is 4.73 Å². The minimum Gasteiger partial charge on any atom is -0.235 e. The molecule has 0 saturated carbocycles. The van der Waals surface area contributed by atoms with Gasteiger partial charge in [-0.15, -0.1) is 5.10 Å². The summed E-state index contributed by atoms with van der Waals surface area (Å²) < 4.78 is 28.4. The predicted molar refractivity (Wildman–Crippen MR) is 60.9 cm³/mol. The van der Waals surface area contributed by atoms with Crippen LogP contribution in [0.1, 0.15) is 5.56 Å². The summed E-state index contributed by atoms with van der Waals surface area (Å²) in [5, 5.41) is 3.98. The monoisotopic (exact) mass is 351 g/mol. The molecule has 0 bridgehead atoms. The third-order valence-corrected chi connectivity index (χ3v) is 2.86. The van der Waals surface area contributed by atoms with Crippen molar-refractivity contribution in [3.05, 3.63) is 44.9 Å². The average Bonchev–Trinajstić information content (AvgIpc) is 2.50. The van der Waals surface area contributed by atoms with E-state index in [9.17, 15) is 8.78 Å². The summed E-state index contributed by atoms with van der Waals surface area (Å²) in [6, 6.07) is 3.43. The van der Waals surface area contributed by atoms with Crippen molar-refractivity contribution in [3.8, 4) is 0 Å². The number of hydrogen-bond donors (Lipinski definition) is 0. The van der Waals surface area contributed by atoms with Gasteiger partial charge in [-0.3, -0.25) is 0 Å². The van der Waals surface area contributed by atoms with Crippen molar-refractivity contribution < 1.29 is 8.78 Å². The molecule has 0 radical (unpaired) electrons. The number of benzene rings is 1. The molecule has 2 rings (SSSR count). The minimum absolute atomic E-state index is 0.186. The first kappa shape index (κ1) is 11.7. The number of hydrogen-bond acceptors (Lipinski definition) is 2. The summed E-state index contributed by atoms with van der Waals surface area (Å²) in [5.74, 6) is -1.20. The number of rotatable bonds is 2. The molecule has 84 valence electrons. The standard InChI is InChI=1S/C9H5Br2F2N3/c10-8-14-9(11)16(15-8)4-5-1-2-6(12)3-7(5)13/h1-3H,4H2. The Morgan fingerprint density at radius 2 is 2.00 bits per heavy atom. The lowest BCUT2D eigenvalue weighted by Gasteiger charge is -2.03. The summed E-state index contributed by atoms with van der Waals surface area (Å²) in [6.45, 7) is 0.186. The van der Waals surface area contributed by atoms with E-state index in [1.54, 1.807) is 0 Å². The van der Waals surface area contributed by atoms with E-state index in [0.29, 0.717) is 15.0 Å². The summed E-state index contributed by atoms with van der Waals surface area (Å²) in [6.07, 6.45) is 0. The summed E-state index contributed by atoms with van der Waals surface area (Å²) in [5.41, 5.74) is 0.347. The lowest BCUT2D eigenvalue weighted by atomic mass is 10.2. The first-order valence-electron chi connectivity index (χ1n) is 4.26. The van der Waals surface area contributed by atoms with Crippen molar-refractivity contribution in [3.63, 3.8) is 0 Å². The molecule has 16 heavy (non-hydrogen) atoms. The highest BCUT2D eigenvalue weighted by atomic mass is 79.9. The Morgan fingerprint density at radius 1 is 1.25 bits per heavy atom. The Hall–Kier alpha value is -0.820. The van der Waals surface area contributed by atoms with Gasteiger partial charge in [0.25, 0.3) is 0 Å². The van der Waals surface area contributed by atoms with Gasteiger partial charge in [0.05, 0.1) is 6.54 Å². The van der Waals surface area contributed by atoms with Gasteiger partial charge in [-0.2, -0.15) is 4.98 Å². The van der Waals surface area contributed by atoms with Crippen LogP contribution in [0, 0.1) is 11.6 Å². The minimum atomic E-state index is -0.599. The molecule has 0 fully saturated rings. The van der Waals surface area contributed by atoms with Crippen LogP contribution in [-0.4, -0.2) is 14.8 Å². The molecule has 0 spiro atoms. The van der Waals surface area contributed by atoms with Crippen LogP contribution in [0.2, 0.25) is 0 Å². The molecular formula is C9H5Br2F2N3. The molecule has 1 aromatic heterocycles. The second kappa shape index (κ2) is 4.58. The average molecular weight is 353 g/mol. The fraction of sp³-hybridized carbons (Fsp3) is 0.111. The molecule has 0 aliphatic carbocycles. The number of nitrogens with zero attached hydrogens (tertiary/aromatic N) is 3. The van der Waals surface area contributed by atoms with E-state index in [1.807, 2.05) is 0 Å². The summed E-state index contributed by atoms with van der Waals surface area (Å²) in [4.78, 5) is 3.94. The molecule has 0 saturated heterocycles. The Morgan fingerprint density at radius 3 is 2.56 bits per heavy atom. The van der Waals surface area contributed by atoms with Gasteiger partial charge >= 0.3 is 0 Å². The van der Waals surface area contributed by atoms with E-state index in [4.69, 9.17) is 0 Å². The van der Waals surface area contributed by atoms with E-state index >= 15 is 0 Å². The topological polar surface area (TPSA) is 30.7 Å². The Labute approximate surface area is 107 Å². The van der Waals surface area contributed by atoms with Gasteiger partial charge in [0.1, 0.15) is 11.6 Å². The highest BCUT2D eigenvalue weighted by Crippen LogP contribution is 2.15. The van der Waals surface area contributed by atoms with Crippen molar-refractivity contribution in [1.82, 2.24) is 14.8 Å². The molecule has 3 nitrogen and oxygen atoms in total. The first-order valence-corrected chi connectivity index (χ1v) is 5.84. The van der Waals surface area contributed by atoms with Crippen LogP contribution in [-0.2, 0) is 6.54 Å². The molecule has 1 aromatic carbocycles. The molecule has 0 unspecified atom stereocenters. The summed E-state index contributed by atoms with van der Waals surface area (Å²) in [7, 11) is 0. The SMILES string of the molecule is Fc1ccc(Cn2nc(Br)nc2Br)c(F)c1. The Balaban J connectivity index is 2.30. The maximum absolute atomic E-state index is 13.3. The predicted octanol–water partition coefficient (Wildman–Crippen LogP) is 3.13. The molecule has 7 heteroatoms. The normalized spacial score (nSPS) is 10.8. The van der Waals surface area contributed by atoms with Crippen LogP contribution in [0.4, 0.5) is 8.78 Å². The van der Waals surface area contributed by atoms with Crippen molar-refractivity contribution >= 4 is 31.9 Å². The highest BCUT2D eigenvalue weighted by Gasteiger charge is 2.09. The molecule has 0 aliphatic rings. The van der Waals surface area contributed by atoms with Gasteiger partial charge in [-0.1, -0.05) is 6.07 Å². The van der Waals surface area contributed by atoms with Gasteiger partial charge in [-0.05, 0) is 37.9 Å². The second-order valence-electron chi connectivity index (χ2n) is 3.04. The Bertz CT molecular complexity index is 527. The van der Waals surface area contributed by atoms with Gasteiger partial charge < -0.3 is 0 Å². The molecule has 2 aromatic rings. The van der Waals surface area contributed by atoms with Crippen LogP contribution in [0.3, 0.4) is 0 Å². The van der Waals surface area contributed by atoms with Gasteiger partial charge in [0.2, 0.25) is 4.73 Å². The van der Waals surface area contributed by atoms with Crippen LogP contribution in [0.15, 0.2) is 27.7 Å². The molecule has 0 aliphatic heterocycles. The molecular weight excluding hydrogens is 348 g/mol. The number of halogens is 4. The third kappa shape index (κ3) is 2.46. The van der Waals surface area contributed by atoms with Gasteiger partial charge in [-0.25, -0.2) is 13.5 Å². The van der Waals surface area contributed by atoms with Crippen LogP contribution in [0.5, 0.6) is 0 Å². The maximum atomic E-state index is 13.3. The van der Waals surface area contributed by atoms with Crippen LogP contribution < -0.4 is 0 Å². The van der Waals surface area contributed by atoms with Crippen molar-refractivity contribution in [2.45, 2.75) is 6.54 Å². The quantitative estimate of drug-likeness (QED) is 0.831. The highest BCUT2D eigenvalue weighted by molar-refractivity contribution is 9.11. The molecule has 1 heterocycles. The lowest BCUT2D eigenvalue weighted by Crippen LogP contribution is -2.04. The van der Waals surface area contributed by atoms with E-state index < -0.39 is 11.6 Å². The van der Waals surface area contributed by atoms with Gasteiger partial charge in [0, 0.05) is 11.6 Å². The lowest BCUT2D eigenvalue weighted by molar-refractivity contribution is 0.555. The molecule has 0 atom stereocenters. The fourth-order valence-corrected chi connectivity index (χ4v) is 2.18. The third-order valence-electron chi connectivity index (χ3n) is 1.94. The summed E-state index contributed by atoms with van der Waals surface area (Å²) >= 11 is 6.28. The van der Waals surface area contributed by atoms with Crippen molar-refractivity contribution in [2.75, 3.05) is 0 Å². The van der Waals surface area contributed by atoms with Crippen molar-refractivity contribution in [1.29, 1.82) is 0 Å². The van der Waals surface area contributed by atoms with E-state index in [0.717, 1.165) is 6.07 Å². The second-order valence-corrected chi connectivity index (χ2v) is 4.46. The zero-order valence-electron chi connectivity index (χ0n) is 7.79. The maximum Gasteiger partial charge on any atom is 0.218 e. The Kier molecular flexibility index (Phi) is 3.34. The molecule has 0 amide bonds. The van der Waals surface area contributed by atoms with E-state index in [-0.39, 0.29) is 6.54 Å². The fourth-order valence-electron chi connectivity index (χ4n) is 1.21. The van der Waals surface area contributed by atoms with Crippen molar-refractivity contribution in [2.24, 2.45) is 0 Å². The van der Waals surface area contributed by atoms with E-state index in [1.165, 1.54) is 16.8 Å². The van der Waals surface area contributed by atoms with Crippen LogP contribution in [0.25, 0.3) is 0 Å². The largest absolute Gasteiger partial charge is 0.235 e. The first-order chi connectivity index (χ1) is 7.56.